The van der Waals surface area contributed by atoms with Crippen LogP contribution in [0.2, 0.25) is 0 Å². The van der Waals surface area contributed by atoms with Crippen molar-refractivity contribution in [3.8, 4) is 0 Å². The van der Waals surface area contributed by atoms with E-state index in [1.54, 1.807) is 0 Å². The van der Waals surface area contributed by atoms with Gasteiger partial charge in [-0.1, -0.05) is 72.8 Å². The fourth-order valence-corrected chi connectivity index (χ4v) is 4.06. The molecule has 2 aromatic rings. The van der Waals surface area contributed by atoms with E-state index in [-0.39, 0.29) is 0 Å². The van der Waals surface area contributed by atoms with Crippen molar-refractivity contribution in [2.75, 3.05) is 6.61 Å². The van der Waals surface area contributed by atoms with Gasteiger partial charge in [-0.15, -0.1) is 0 Å². The van der Waals surface area contributed by atoms with Gasteiger partial charge in [-0.05, 0) is 73.6 Å². The Morgan fingerprint density at radius 1 is 0.778 bits per heavy atom. The van der Waals surface area contributed by atoms with E-state index < -0.39 is 0 Å². The Morgan fingerprint density at radius 3 is 1.85 bits per heavy atom. The molecule has 0 N–H and O–H groups in total. The first kappa shape index (κ1) is 19.6. The maximum Gasteiger partial charge on any atom is 0.0721 e. The Kier molecular flexibility index (Phi) is 7.47. The highest BCUT2D eigenvalue weighted by atomic mass is 16.5. The molecule has 0 aromatic heterocycles. The maximum absolute atomic E-state index is 5.64. The van der Waals surface area contributed by atoms with E-state index in [9.17, 15) is 0 Å². The first-order valence-electron chi connectivity index (χ1n) is 10.3. The first-order chi connectivity index (χ1) is 13.3. The minimum absolute atomic E-state index is 0.692. The summed E-state index contributed by atoms with van der Waals surface area (Å²) in [5.41, 5.74) is 5.56. The van der Waals surface area contributed by atoms with Gasteiger partial charge in [-0.2, -0.15) is 0 Å². The fraction of sp³-hybridized carbons (Fsp3) is 0.385. The van der Waals surface area contributed by atoms with Gasteiger partial charge in [-0.25, -0.2) is 0 Å². The zero-order valence-electron chi connectivity index (χ0n) is 16.7. The maximum atomic E-state index is 5.64. The highest BCUT2D eigenvalue weighted by Crippen LogP contribution is 2.40. The number of benzene rings is 2. The molecule has 1 aliphatic rings. The van der Waals surface area contributed by atoms with Gasteiger partial charge in [0.15, 0.2) is 0 Å². The Hall–Kier alpha value is -2.12. The Morgan fingerprint density at radius 2 is 1.33 bits per heavy atom. The average Bonchev–Trinajstić information content (AvgIpc) is 2.73. The zero-order valence-corrected chi connectivity index (χ0v) is 16.7. The zero-order chi connectivity index (χ0) is 18.9. The van der Waals surface area contributed by atoms with Gasteiger partial charge in [0, 0.05) is 0 Å². The van der Waals surface area contributed by atoms with Gasteiger partial charge in [0.2, 0.25) is 0 Å². The van der Waals surface area contributed by atoms with Crippen LogP contribution >= 0.6 is 0 Å². The Labute approximate surface area is 164 Å². The normalized spacial score (nSPS) is 20.5. The predicted molar refractivity (Wildman–Crippen MR) is 116 cm³/mol. The molecule has 0 spiro atoms. The van der Waals surface area contributed by atoms with E-state index in [4.69, 9.17) is 4.74 Å². The van der Waals surface area contributed by atoms with Crippen LogP contribution in [0.15, 0.2) is 66.8 Å². The molecular weight excluding hydrogens is 328 g/mol. The van der Waals surface area contributed by atoms with Crippen molar-refractivity contribution in [3.63, 3.8) is 0 Å². The summed E-state index contributed by atoms with van der Waals surface area (Å²) < 4.78 is 5.64. The lowest BCUT2D eigenvalue weighted by molar-refractivity contribution is 0.148. The van der Waals surface area contributed by atoms with Crippen molar-refractivity contribution >= 4 is 6.08 Å². The van der Waals surface area contributed by atoms with E-state index in [0.717, 1.165) is 5.92 Å². The average molecular weight is 361 g/mol. The molecule has 1 heteroatoms. The van der Waals surface area contributed by atoms with Crippen LogP contribution in [-0.2, 0) is 11.3 Å². The van der Waals surface area contributed by atoms with E-state index in [1.165, 1.54) is 47.9 Å². The number of hydrogen-bond acceptors (Lipinski definition) is 1. The lowest BCUT2D eigenvalue weighted by Crippen LogP contribution is -2.12. The van der Waals surface area contributed by atoms with E-state index in [2.05, 4.69) is 67.6 Å². The quantitative estimate of drug-likeness (QED) is 0.373. The van der Waals surface area contributed by atoms with Gasteiger partial charge < -0.3 is 4.74 Å². The summed E-state index contributed by atoms with van der Waals surface area (Å²) in [6.45, 7) is 5.48. The molecule has 0 radical (unpaired) electrons. The van der Waals surface area contributed by atoms with Crippen LogP contribution in [0.25, 0.3) is 6.08 Å². The summed E-state index contributed by atoms with van der Waals surface area (Å²) in [5.74, 6) is 1.43. The predicted octanol–water partition coefficient (Wildman–Crippen LogP) is 7.25. The summed E-state index contributed by atoms with van der Waals surface area (Å²) in [4.78, 5) is 0. The van der Waals surface area contributed by atoms with Crippen LogP contribution in [0, 0.1) is 0 Å². The van der Waals surface area contributed by atoms with Crippen molar-refractivity contribution < 1.29 is 4.74 Å². The molecule has 0 atom stereocenters. The molecule has 3 rings (SSSR count). The van der Waals surface area contributed by atoms with Gasteiger partial charge in [0.1, 0.15) is 0 Å². The third-order valence-corrected chi connectivity index (χ3v) is 5.66. The van der Waals surface area contributed by atoms with Crippen molar-refractivity contribution in [1.29, 1.82) is 0 Å². The molecule has 2 aromatic carbocycles. The topological polar surface area (TPSA) is 9.23 Å². The SMILES string of the molecule is C/C=C\c1ccc(C2CCC(c3ccc(COC/C=C/C)cc3)CC2)cc1. The Bertz CT molecular complexity index is 729. The third kappa shape index (κ3) is 5.68. The molecule has 1 saturated carbocycles. The summed E-state index contributed by atoms with van der Waals surface area (Å²) in [5, 5.41) is 0. The van der Waals surface area contributed by atoms with E-state index >= 15 is 0 Å². The second kappa shape index (κ2) is 10.3. The molecule has 1 nitrogen and oxygen atoms in total. The minimum atomic E-state index is 0.692. The van der Waals surface area contributed by atoms with Crippen LogP contribution < -0.4 is 0 Å². The van der Waals surface area contributed by atoms with Crippen LogP contribution in [0.1, 0.15) is 73.6 Å². The van der Waals surface area contributed by atoms with E-state index in [0.29, 0.717) is 19.1 Å². The van der Waals surface area contributed by atoms with E-state index in [1.807, 2.05) is 19.1 Å². The van der Waals surface area contributed by atoms with Gasteiger partial charge >= 0.3 is 0 Å². The van der Waals surface area contributed by atoms with Crippen LogP contribution in [0.3, 0.4) is 0 Å². The van der Waals surface area contributed by atoms with Gasteiger partial charge in [0.05, 0.1) is 13.2 Å². The summed E-state index contributed by atoms with van der Waals surface area (Å²) in [6, 6.07) is 18.2. The summed E-state index contributed by atoms with van der Waals surface area (Å²) >= 11 is 0. The lowest BCUT2D eigenvalue weighted by atomic mass is 9.76. The first-order valence-corrected chi connectivity index (χ1v) is 10.3. The number of allylic oxidation sites excluding steroid dienone is 2. The van der Waals surface area contributed by atoms with Gasteiger partial charge in [-0.3, -0.25) is 0 Å². The largest absolute Gasteiger partial charge is 0.373 e. The monoisotopic (exact) mass is 360 g/mol. The highest BCUT2D eigenvalue weighted by molar-refractivity contribution is 5.49. The number of ether oxygens (including phenoxy) is 1. The van der Waals surface area contributed by atoms with Crippen LogP contribution in [-0.4, -0.2) is 6.61 Å². The standard InChI is InChI=1S/C26H32O/c1-3-5-19-27-20-22-9-13-24(14-10-22)26-17-15-25(16-18-26)23-11-7-21(6-4-2)8-12-23/h3-14,25-26H,15-20H2,1-2H3/b5-3+,6-4-. The van der Waals surface area contributed by atoms with Crippen LogP contribution in [0.4, 0.5) is 0 Å². The molecule has 0 unspecified atom stereocenters. The lowest BCUT2D eigenvalue weighted by Gasteiger charge is -2.29. The van der Waals surface area contributed by atoms with Crippen molar-refractivity contribution in [2.24, 2.45) is 0 Å². The molecule has 0 saturated heterocycles. The molecule has 0 amide bonds. The molecule has 0 aliphatic heterocycles. The third-order valence-electron chi connectivity index (χ3n) is 5.66. The molecular formula is C26H32O. The molecule has 27 heavy (non-hydrogen) atoms. The van der Waals surface area contributed by atoms with Crippen molar-refractivity contribution in [2.45, 2.75) is 58.0 Å². The molecule has 0 bridgehead atoms. The van der Waals surface area contributed by atoms with Crippen LogP contribution in [0.5, 0.6) is 0 Å². The molecule has 1 aliphatic carbocycles. The molecule has 0 heterocycles. The Balaban J connectivity index is 1.51. The summed E-state index contributed by atoms with van der Waals surface area (Å²) in [6.07, 6.45) is 13.5. The van der Waals surface area contributed by atoms with Crippen molar-refractivity contribution in [3.05, 3.63) is 89.0 Å². The highest BCUT2D eigenvalue weighted by Gasteiger charge is 2.23. The molecule has 142 valence electrons. The second-order valence-electron chi connectivity index (χ2n) is 7.54. The smallest absolute Gasteiger partial charge is 0.0721 e. The number of hydrogen-bond donors (Lipinski definition) is 0. The number of rotatable bonds is 7. The fourth-order valence-electron chi connectivity index (χ4n) is 4.06. The van der Waals surface area contributed by atoms with Crippen molar-refractivity contribution in [1.82, 2.24) is 0 Å². The second-order valence-corrected chi connectivity index (χ2v) is 7.54. The minimum Gasteiger partial charge on any atom is -0.373 e. The van der Waals surface area contributed by atoms with Gasteiger partial charge in [0.25, 0.3) is 0 Å². The summed E-state index contributed by atoms with van der Waals surface area (Å²) in [7, 11) is 0. The molecule has 1 fully saturated rings.